The molecule has 3 rings (SSSR count). The molecule has 0 spiro atoms. The normalized spacial score (nSPS) is 21.4. The molecular weight excluding hydrogens is 318 g/mol. The lowest BCUT2D eigenvalue weighted by Crippen LogP contribution is -2.48. The number of carbonyl (C=O) groups is 1. The smallest absolute Gasteiger partial charge is 0.254 e. The fourth-order valence-corrected chi connectivity index (χ4v) is 2.82. The lowest BCUT2D eigenvalue weighted by Gasteiger charge is -2.35. The fraction of sp³-hybridized carbons (Fsp3) is 0.438. The van der Waals surface area contributed by atoms with Gasteiger partial charge in [0.15, 0.2) is 0 Å². The first kappa shape index (κ1) is 16.0. The summed E-state index contributed by atoms with van der Waals surface area (Å²) in [6.07, 6.45) is 0.102. The number of rotatable bonds is 3. The summed E-state index contributed by atoms with van der Waals surface area (Å²) in [7, 11) is 0. The van der Waals surface area contributed by atoms with Gasteiger partial charge in [0.2, 0.25) is 11.7 Å². The number of amides is 1. The van der Waals surface area contributed by atoms with E-state index in [2.05, 4.69) is 10.1 Å². The van der Waals surface area contributed by atoms with E-state index in [0.717, 1.165) is 5.56 Å². The van der Waals surface area contributed by atoms with Gasteiger partial charge < -0.3 is 14.2 Å². The van der Waals surface area contributed by atoms with Crippen LogP contribution >= 0.6 is 11.6 Å². The van der Waals surface area contributed by atoms with Crippen molar-refractivity contribution in [2.45, 2.75) is 31.9 Å². The van der Waals surface area contributed by atoms with E-state index in [-0.39, 0.29) is 24.0 Å². The molecule has 23 heavy (non-hydrogen) atoms. The average molecular weight is 336 g/mol. The summed E-state index contributed by atoms with van der Waals surface area (Å²) in [6.45, 7) is 5.16. The number of hydrogen-bond donors (Lipinski definition) is 0. The van der Waals surface area contributed by atoms with Crippen molar-refractivity contribution >= 4 is 17.5 Å². The van der Waals surface area contributed by atoms with Crippen molar-refractivity contribution in [3.8, 4) is 11.4 Å². The lowest BCUT2D eigenvalue weighted by atomic mass is 10.1. The second-order valence-electron chi connectivity index (χ2n) is 5.69. The van der Waals surface area contributed by atoms with Crippen molar-refractivity contribution in [1.29, 1.82) is 0 Å². The van der Waals surface area contributed by atoms with Crippen molar-refractivity contribution in [3.63, 3.8) is 0 Å². The van der Waals surface area contributed by atoms with Crippen LogP contribution < -0.4 is 0 Å². The molecule has 2 aromatic rings. The van der Waals surface area contributed by atoms with Crippen LogP contribution in [0.15, 0.2) is 28.8 Å². The van der Waals surface area contributed by atoms with Gasteiger partial charge >= 0.3 is 0 Å². The van der Waals surface area contributed by atoms with Crippen LogP contribution in [-0.2, 0) is 10.6 Å². The maximum atomic E-state index is 12.6. The average Bonchev–Trinajstić information content (AvgIpc) is 3.02. The fourth-order valence-electron chi connectivity index (χ4n) is 2.71. The highest BCUT2D eigenvalue weighted by atomic mass is 35.5. The monoisotopic (exact) mass is 335 g/mol. The molecule has 122 valence electrons. The van der Waals surface area contributed by atoms with Crippen LogP contribution in [0.4, 0.5) is 0 Å². The molecule has 2 heterocycles. The topological polar surface area (TPSA) is 68.5 Å². The Balaban J connectivity index is 1.75. The van der Waals surface area contributed by atoms with E-state index in [1.807, 2.05) is 30.9 Å². The molecule has 1 aliphatic heterocycles. The maximum Gasteiger partial charge on any atom is 0.254 e. The Labute approximate surface area is 139 Å². The van der Waals surface area contributed by atoms with E-state index in [9.17, 15) is 4.79 Å². The highest BCUT2D eigenvalue weighted by Gasteiger charge is 2.26. The van der Waals surface area contributed by atoms with E-state index in [4.69, 9.17) is 20.9 Å². The summed E-state index contributed by atoms with van der Waals surface area (Å²) in [5.74, 6) is 1.02. The van der Waals surface area contributed by atoms with Gasteiger partial charge in [-0.05, 0) is 26.0 Å². The second kappa shape index (κ2) is 6.68. The number of aromatic nitrogens is 2. The molecule has 0 radical (unpaired) electrons. The van der Waals surface area contributed by atoms with Gasteiger partial charge in [-0.25, -0.2) is 0 Å². The Bertz CT molecular complexity index is 676. The highest BCUT2D eigenvalue weighted by molar-refractivity contribution is 6.16. The number of ether oxygens (including phenoxy) is 1. The molecule has 7 heteroatoms. The minimum atomic E-state index is 0.00751. The largest absolute Gasteiger partial charge is 0.372 e. The summed E-state index contributed by atoms with van der Waals surface area (Å²) in [5, 5.41) is 3.86. The van der Waals surface area contributed by atoms with Gasteiger partial charge in [0.05, 0.1) is 12.2 Å². The number of carbonyl (C=O) groups excluding carboxylic acids is 1. The number of nitrogens with zero attached hydrogens (tertiary/aromatic N) is 3. The molecule has 1 amide bonds. The first-order valence-corrected chi connectivity index (χ1v) is 8.04. The first-order valence-electron chi connectivity index (χ1n) is 7.50. The molecule has 2 unspecified atom stereocenters. The Hall–Kier alpha value is -1.92. The number of halogens is 1. The van der Waals surface area contributed by atoms with Crippen molar-refractivity contribution in [2.75, 3.05) is 13.1 Å². The van der Waals surface area contributed by atoms with Gasteiger partial charge in [-0.1, -0.05) is 17.3 Å². The van der Waals surface area contributed by atoms with E-state index in [0.29, 0.717) is 30.4 Å². The van der Waals surface area contributed by atoms with Crippen LogP contribution in [0, 0.1) is 0 Å². The van der Waals surface area contributed by atoms with Crippen LogP contribution in [-0.4, -0.2) is 46.2 Å². The second-order valence-corrected chi connectivity index (χ2v) is 5.96. The van der Waals surface area contributed by atoms with Gasteiger partial charge in [-0.15, -0.1) is 11.6 Å². The molecule has 6 nitrogen and oxygen atoms in total. The molecule has 0 aliphatic carbocycles. The maximum absolute atomic E-state index is 12.6. The summed E-state index contributed by atoms with van der Waals surface area (Å²) in [6, 6.07) is 7.17. The zero-order valence-corrected chi connectivity index (χ0v) is 13.8. The van der Waals surface area contributed by atoms with Crippen molar-refractivity contribution in [1.82, 2.24) is 15.0 Å². The van der Waals surface area contributed by atoms with Crippen LogP contribution in [0.5, 0.6) is 0 Å². The number of benzene rings is 1. The van der Waals surface area contributed by atoms with Crippen molar-refractivity contribution in [3.05, 3.63) is 35.7 Å². The number of morpholine rings is 1. The summed E-state index contributed by atoms with van der Waals surface area (Å²) in [5.41, 5.74) is 1.42. The van der Waals surface area contributed by atoms with Crippen LogP contribution in [0.3, 0.4) is 0 Å². The molecular formula is C16H18ClN3O3. The molecule has 0 saturated carbocycles. The Morgan fingerprint density at radius 1 is 1.26 bits per heavy atom. The standard InChI is InChI=1S/C16H18ClN3O3/c1-10-8-20(9-11(2)22-10)16(21)13-5-3-12(4-6-13)15-18-14(7-17)23-19-15/h3-6,10-11H,7-9H2,1-2H3. The van der Waals surface area contributed by atoms with Crippen molar-refractivity contribution in [2.24, 2.45) is 0 Å². The summed E-state index contributed by atoms with van der Waals surface area (Å²) < 4.78 is 10.6. The van der Waals surface area contributed by atoms with E-state index in [1.54, 1.807) is 12.1 Å². The summed E-state index contributed by atoms with van der Waals surface area (Å²) in [4.78, 5) is 18.6. The van der Waals surface area contributed by atoms with E-state index < -0.39 is 0 Å². The first-order chi connectivity index (χ1) is 11.1. The molecule has 1 fully saturated rings. The zero-order chi connectivity index (χ0) is 16.4. The minimum Gasteiger partial charge on any atom is -0.372 e. The number of hydrogen-bond acceptors (Lipinski definition) is 5. The Morgan fingerprint density at radius 3 is 2.48 bits per heavy atom. The summed E-state index contributed by atoms with van der Waals surface area (Å²) >= 11 is 5.65. The third-order valence-corrected chi connectivity index (χ3v) is 3.91. The van der Waals surface area contributed by atoms with E-state index in [1.165, 1.54) is 0 Å². The molecule has 2 atom stereocenters. The molecule has 0 bridgehead atoms. The lowest BCUT2D eigenvalue weighted by molar-refractivity contribution is -0.0586. The van der Waals surface area contributed by atoms with Gasteiger partial charge in [0.1, 0.15) is 5.88 Å². The highest BCUT2D eigenvalue weighted by Crippen LogP contribution is 2.19. The van der Waals surface area contributed by atoms with Gasteiger partial charge in [0.25, 0.3) is 5.91 Å². The SMILES string of the molecule is CC1CN(C(=O)c2ccc(-c3noc(CCl)n3)cc2)CC(C)O1. The van der Waals surface area contributed by atoms with Crippen LogP contribution in [0.25, 0.3) is 11.4 Å². The molecule has 1 aliphatic rings. The minimum absolute atomic E-state index is 0.00751. The van der Waals surface area contributed by atoms with Gasteiger partial charge in [-0.3, -0.25) is 4.79 Å². The van der Waals surface area contributed by atoms with Crippen molar-refractivity contribution < 1.29 is 14.1 Å². The van der Waals surface area contributed by atoms with Crippen LogP contribution in [0.1, 0.15) is 30.1 Å². The third-order valence-electron chi connectivity index (χ3n) is 3.68. The van der Waals surface area contributed by atoms with E-state index >= 15 is 0 Å². The molecule has 1 aromatic carbocycles. The number of alkyl halides is 1. The molecule has 1 aromatic heterocycles. The molecule has 0 N–H and O–H groups in total. The van der Waals surface area contributed by atoms with Gasteiger partial charge in [0, 0.05) is 24.2 Å². The quantitative estimate of drug-likeness (QED) is 0.807. The predicted molar refractivity (Wildman–Crippen MR) is 85.2 cm³/mol. The zero-order valence-electron chi connectivity index (χ0n) is 13.0. The van der Waals surface area contributed by atoms with Crippen LogP contribution in [0.2, 0.25) is 0 Å². The third kappa shape index (κ3) is 3.54. The Morgan fingerprint density at radius 2 is 1.91 bits per heavy atom. The predicted octanol–water partition coefficient (Wildman–Crippen LogP) is 2.72. The Kier molecular flexibility index (Phi) is 4.63. The molecule has 1 saturated heterocycles. The van der Waals surface area contributed by atoms with Gasteiger partial charge in [-0.2, -0.15) is 4.98 Å².